The molecule has 0 amide bonds. The third-order valence-corrected chi connectivity index (χ3v) is 3.57. The second-order valence-electron chi connectivity index (χ2n) is 5.69. The monoisotopic (exact) mass is 345 g/mol. The zero-order valence-corrected chi connectivity index (χ0v) is 14.5. The number of carbonyl (C=O) groups is 1. The standard InChI is InChI=1S/C19H20ClNO3/c1-13(2)19(23)24-17-11-16(20)10-15(18(17)22)12-21-9-8-14-6-4-3-5-7-14/h3-7,10-13,22H,8-9H2,1-2H3. The fourth-order valence-electron chi connectivity index (χ4n) is 2.00. The normalized spacial score (nSPS) is 11.2. The minimum atomic E-state index is -0.431. The van der Waals surface area contributed by atoms with Gasteiger partial charge < -0.3 is 9.84 Å². The van der Waals surface area contributed by atoms with E-state index in [1.54, 1.807) is 19.9 Å². The summed E-state index contributed by atoms with van der Waals surface area (Å²) >= 11 is 6.03. The van der Waals surface area contributed by atoms with Gasteiger partial charge in [0.2, 0.25) is 0 Å². The minimum absolute atomic E-state index is 0.0470. The number of nitrogens with zero attached hydrogens (tertiary/aromatic N) is 1. The number of rotatable bonds is 6. The van der Waals surface area contributed by atoms with E-state index in [0.29, 0.717) is 17.1 Å². The molecule has 5 heteroatoms. The van der Waals surface area contributed by atoms with Crippen LogP contribution in [-0.4, -0.2) is 23.8 Å². The van der Waals surface area contributed by atoms with Crippen molar-refractivity contribution >= 4 is 23.8 Å². The molecule has 0 saturated carbocycles. The van der Waals surface area contributed by atoms with Crippen molar-refractivity contribution < 1.29 is 14.6 Å². The molecule has 126 valence electrons. The Morgan fingerprint density at radius 3 is 2.67 bits per heavy atom. The van der Waals surface area contributed by atoms with Gasteiger partial charge in [-0.15, -0.1) is 0 Å². The van der Waals surface area contributed by atoms with E-state index in [4.69, 9.17) is 16.3 Å². The fraction of sp³-hybridized carbons (Fsp3) is 0.263. The molecule has 1 N–H and O–H groups in total. The van der Waals surface area contributed by atoms with Gasteiger partial charge in [-0.05, 0) is 18.1 Å². The van der Waals surface area contributed by atoms with Crippen LogP contribution in [0.15, 0.2) is 47.5 Å². The molecule has 24 heavy (non-hydrogen) atoms. The number of ether oxygens (including phenoxy) is 1. The predicted molar refractivity (Wildman–Crippen MR) is 96.2 cm³/mol. The lowest BCUT2D eigenvalue weighted by molar-refractivity contribution is -0.137. The number of carbonyl (C=O) groups excluding carboxylic acids is 1. The maximum absolute atomic E-state index is 11.7. The van der Waals surface area contributed by atoms with Crippen molar-refractivity contribution in [2.24, 2.45) is 10.9 Å². The van der Waals surface area contributed by atoms with Gasteiger partial charge >= 0.3 is 5.97 Å². The third kappa shape index (κ3) is 5.10. The maximum Gasteiger partial charge on any atom is 0.313 e. The molecule has 0 aliphatic heterocycles. The van der Waals surface area contributed by atoms with Crippen molar-refractivity contribution in [3.8, 4) is 11.5 Å². The molecule has 0 aromatic heterocycles. The highest BCUT2D eigenvalue weighted by atomic mass is 35.5. The Labute approximate surface area is 146 Å². The number of aliphatic imine (C=N–C) groups is 1. The van der Waals surface area contributed by atoms with Gasteiger partial charge in [-0.3, -0.25) is 9.79 Å². The molecule has 0 radical (unpaired) electrons. The number of benzene rings is 2. The lowest BCUT2D eigenvalue weighted by Gasteiger charge is -2.10. The summed E-state index contributed by atoms with van der Waals surface area (Å²) in [6.07, 6.45) is 2.34. The van der Waals surface area contributed by atoms with E-state index < -0.39 is 5.97 Å². The quantitative estimate of drug-likeness (QED) is 0.483. The summed E-state index contributed by atoms with van der Waals surface area (Å²) in [6, 6.07) is 13.0. The van der Waals surface area contributed by atoms with Crippen molar-refractivity contribution in [1.82, 2.24) is 0 Å². The average molecular weight is 346 g/mol. The number of hydrogen-bond donors (Lipinski definition) is 1. The topological polar surface area (TPSA) is 58.9 Å². The Morgan fingerprint density at radius 2 is 2.00 bits per heavy atom. The highest BCUT2D eigenvalue weighted by Crippen LogP contribution is 2.33. The second kappa shape index (κ2) is 8.50. The first kappa shape index (κ1) is 18.0. The highest BCUT2D eigenvalue weighted by Gasteiger charge is 2.15. The molecule has 0 fully saturated rings. The van der Waals surface area contributed by atoms with Gasteiger partial charge in [-0.2, -0.15) is 0 Å². The van der Waals surface area contributed by atoms with E-state index in [0.717, 1.165) is 6.42 Å². The predicted octanol–water partition coefficient (Wildman–Crippen LogP) is 4.27. The summed E-state index contributed by atoms with van der Waals surface area (Å²) in [5.41, 5.74) is 1.61. The van der Waals surface area contributed by atoms with Crippen molar-refractivity contribution in [1.29, 1.82) is 0 Å². The molecule has 0 aliphatic carbocycles. The summed E-state index contributed by atoms with van der Waals surface area (Å²) in [4.78, 5) is 16.0. The molecule has 0 atom stereocenters. The van der Waals surface area contributed by atoms with Crippen molar-refractivity contribution in [2.45, 2.75) is 20.3 Å². The van der Waals surface area contributed by atoms with Crippen LogP contribution in [0.1, 0.15) is 25.0 Å². The summed E-state index contributed by atoms with van der Waals surface area (Å²) in [6.45, 7) is 4.02. The molecule has 0 saturated heterocycles. The van der Waals surface area contributed by atoms with Crippen LogP contribution in [0.2, 0.25) is 5.02 Å². The molecule has 0 unspecified atom stereocenters. The lowest BCUT2D eigenvalue weighted by Crippen LogP contribution is -2.15. The molecule has 0 aliphatic rings. The highest BCUT2D eigenvalue weighted by molar-refractivity contribution is 6.31. The van der Waals surface area contributed by atoms with E-state index in [2.05, 4.69) is 4.99 Å². The van der Waals surface area contributed by atoms with Crippen molar-refractivity contribution in [2.75, 3.05) is 6.54 Å². The summed E-state index contributed by atoms with van der Waals surface area (Å²) in [5.74, 6) is -0.825. The van der Waals surface area contributed by atoms with Crippen LogP contribution < -0.4 is 4.74 Å². The van der Waals surface area contributed by atoms with Gasteiger partial charge in [-0.25, -0.2) is 0 Å². The van der Waals surface area contributed by atoms with Crippen molar-refractivity contribution in [3.63, 3.8) is 0 Å². The first-order valence-electron chi connectivity index (χ1n) is 7.75. The van der Waals surface area contributed by atoms with Crippen LogP contribution in [0, 0.1) is 5.92 Å². The Morgan fingerprint density at radius 1 is 1.29 bits per heavy atom. The van der Waals surface area contributed by atoms with Gasteiger partial charge in [0.1, 0.15) is 0 Å². The van der Waals surface area contributed by atoms with E-state index in [1.807, 2.05) is 30.3 Å². The van der Waals surface area contributed by atoms with Crippen molar-refractivity contribution in [3.05, 3.63) is 58.6 Å². The Balaban J connectivity index is 2.08. The van der Waals surface area contributed by atoms with E-state index in [9.17, 15) is 9.90 Å². The zero-order chi connectivity index (χ0) is 17.5. The molecular weight excluding hydrogens is 326 g/mol. The van der Waals surface area contributed by atoms with E-state index in [-0.39, 0.29) is 17.4 Å². The number of phenols is 1. The van der Waals surface area contributed by atoms with Crippen LogP contribution in [0.25, 0.3) is 0 Å². The van der Waals surface area contributed by atoms with Crippen LogP contribution in [0.3, 0.4) is 0 Å². The zero-order valence-electron chi connectivity index (χ0n) is 13.7. The third-order valence-electron chi connectivity index (χ3n) is 3.35. The molecule has 0 heterocycles. The maximum atomic E-state index is 11.7. The Kier molecular flexibility index (Phi) is 6.38. The average Bonchev–Trinajstić information content (AvgIpc) is 2.56. The number of phenolic OH excluding ortho intramolecular Hbond substituents is 1. The SMILES string of the molecule is CC(C)C(=O)Oc1cc(Cl)cc(C=NCCc2ccccc2)c1O. The smallest absolute Gasteiger partial charge is 0.313 e. The molecule has 2 rings (SSSR count). The van der Waals surface area contributed by atoms with Gasteiger partial charge in [0.25, 0.3) is 0 Å². The van der Waals surface area contributed by atoms with Gasteiger partial charge in [0.15, 0.2) is 11.5 Å². The first-order valence-corrected chi connectivity index (χ1v) is 8.13. The molecule has 2 aromatic rings. The molecule has 4 nitrogen and oxygen atoms in total. The minimum Gasteiger partial charge on any atom is -0.504 e. The van der Waals surface area contributed by atoms with Crippen LogP contribution in [-0.2, 0) is 11.2 Å². The second-order valence-corrected chi connectivity index (χ2v) is 6.12. The Hall–Kier alpha value is -2.33. The lowest BCUT2D eigenvalue weighted by atomic mass is 10.1. The number of halogens is 1. The molecule has 2 aromatic carbocycles. The van der Waals surface area contributed by atoms with Crippen LogP contribution in [0.5, 0.6) is 11.5 Å². The van der Waals surface area contributed by atoms with E-state index >= 15 is 0 Å². The Bertz CT molecular complexity index is 727. The van der Waals surface area contributed by atoms with Gasteiger partial charge in [-0.1, -0.05) is 55.8 Å². The molecular formula is C19H20ClNO3. The number of esters is 1. The van der Waals surface area contributed by atoms with E-state index in [1.165, 1.54) is 17.8 Å². The largest absolute Gasteiger partial charge is 0.504 e. The first-order chi connectivity index (χ1) is 11.5. The number of hydrogen-bond acceptors (Lipinski definition) is 4. The fourth-order valence-corrected chi connectivity index (χ4v) is 2.21. The summed E-state index contributed by atoms with van der Waals surface area (Å²) in [7, 11) is 0. The molecule has 0 spiro atoms. The molecule has 0 bridgehead atoms. The summed E-state index contributed by atoms with van der Waals surface area (Å²) in [5, 5.41) is 10.6. The van der Waals surface area contributed by atoms with Crippen LogP contribution in [0.4, 0.5) is 0 Å². The van der Waals surface area contributed by atoms with Crippen LogP contribution >= 0.6 is 11.6 Å². The number of aromatic hydroxyl groups is 1. The summed E-state index contributed by atoms with van der Waals surface area (Å²) < 4.78 is 5.17. The van der Waals surface area contributed by atoms with Gasteiger partial charge in [0.05, 0.1) is 5.92 Å². The van der Waals surface area contributed by atoms with Gasteiger partial charge in [0, 0.05) is 29.4 Å².